The van der Waals surface area contributed by atoms with Crippen LogP contribution < -0.4 is 10.6 Å². The molecule has 1 aliphatic heterocycles. The molecule has 4 N–H and O–H groups in total. The number of amides is 3. The Labute approximate surface area is 233 Å². The number of likely N-dealkylation sites (N-methyl/N-ethyl adjacent to an activating group) is 1. The summed E-state index contributed by atoms with van der Waals surface area (Å²) in [5, 5.41) is 26.7. The monoisotopic (exact) mass is 555 g/mol. The van der Waals surface area contributed by atoms with Crippen LogP contribution in [0.3, 0.4) is 0 Å². The van der Waals surface area contributed by atoms with Crippen LogP contribution in [-0.4, -0.2) is 86.2 Å². The summed E-state index contributed by atoms with van der Waals surface area (Å²) in [5.74, 6) is -4.35. The number of rotatable bonds is 6. The van der Waals surface area contributed by atoms with E-state index in [0.717, 1.165) is 0 Å². The van der Waals surface area contributed by atoms with Crippen molar-refractivity contribution in [1.29, 1.82) is 0 Å². The molecule has 6 atom stereocenters. The van der Waals surface area contributed by atoms with Gasteiger partial charge in [0.1, 0.15) is 11.8 Å². The zero-order valence-corrected chi connectivity index (χ0v) is 23.3. The SMILES string of the molecule is CC(C)CC1OC(=O)[C@H](C)[C@H](O)[C@H](Cc2cccnc2)NC(=O)[C@@H](NC(=O)c2ncccc2O)[C@@H](C)N(C)C1=O. The van der Waals surface area contributed by atoms with Crippen LogP contribution in [-0.2, 0) is 25.5 Å². The normalized spacial score (nSPS) is 26.4. The van der Waals surface area contributed by atoms with E-state index in [2.05, 4.69) is 20.6 Å². The van der Waals surface area contributed by atoms with Gasteiger partial charge in [-0.25, -0.2) is 4.98 Å². The number of aliphatic hydroxyl groups is 1. The number of nitrogens with zero attached hydrogens (tertiary/aromatic N) is 3. The molecule has 1 fully saturated rings. The topological polar surface area (TPSA) is 171 Å². The number of aromatic nitrogens is 2. The predicted molar refractivity (Wildman–Crippen MR) is 144 cm³/mol. The molecule has 0 radical (unpaired) electrons. The maximum atomic E-state index is 13.7. The molecule has 1 aliphatic rings. The predicted octanol–water partition coefficient (Wildman–Crippen LogP) is 0.824. The second-order valence-corrected chi connectivity index (χ2v) is 10.5. The number of aliphatic hydroxyl groups excluding tert-OH is 1. The fourth-order valence-electron chi connectivity index (χ4n) is 4.50. The van der Waals surface area contributed by atoms with E-state index in [1.807, 2.05) is 13.8 Å². The van der Waals surface area contributed by atoms with E-state index >= 15 is 0 Å². The van der Waals surface area contributed by atoms with Crippen LogP contribution in [0.25, 0.3) is 0 Å². The number of ether oxygens (including phenoxy) is 1. The molecule has 3 amide bonds. The zero-order valence-electron chi connectivity index (χ0n) is 23.3. The van der Waals surface area contributed by atoms with Gasteiger partial charge in [0, 0.05) is 25.6 Å². The maximum absolute atomic E-state index is 13.7. The van der Waals surface area contributed by atoms with Crippen LogP contribution in [0.2, 0.25) is 0 Å². The van der Waals surface area contributed by atoms with Gasteiger partial charge in [0.25, 0.3) is 11.8 Å². The van der Waals surface area contributed by atoms with Gasteiger partial charge in [0.15, 0.2) is 11.8 Å². The molecular formula is C28H37N5O7. The summed E-state index contributed by atoms with van der Waals surface area (Å²) in [4.78, 5) is 62.6. The summed E-state index contributed by atoms with van der Waals surface area (Å²) in [6, 6.07) is 2.98. The number of hydrogen-bond donors (Lipinski definition) is 4. The molecular weight excluding hydrogens is 518 g/mol. The van der Waals surface area contributed by atoms with E-state index in [9.17, 15) is 29.4 Å². The van der Waals surface area contributed by atoms with Crippen molar-refractivity contribution in [2.45, 2.75) is 70.9 Å². The average Bonchev–Trinajstić information content (AvgIpc) is 2.93. The number of pyridine rings is 2. The number of carbonyl (C=O) groups is 4. The van der Waals surface area contributed by atoms with Gasteiger partial charge >= 0.3 is 5.97 Å². The minimum absolute atomic E-state index is 0.0113. The van der Waals surface area contributed by atoms with E-state index in [4.69, 9.17) is 4.74 Å². The molecule has 0 aliphatic carbocycles. The fraction of sp³-hybridized carbons (Fsp3) is 0.500. The lowest BCUT2D eigenvalue weighted by Gasteiger charge is -2.37. The highest BCUT2D eigenvalue weighted by molar-refractivity contribution is 5.98. The number of esters is 1. The van der Waals surface area contributed by atoms with Crippen LogP contribution in [0.4, 0.5) is 0 Å². The van der Waals surface area contributed by atoms with Crippen LogP contribution in [0, 0.1) is 11.8 Å². The van der Waals surface area contributed by atoms with Crippen molar-refractivity contribution in [3.63, 3.8) is 0 Å². The summed E-state index contributed by atoms with van der Waals surface area (Å²) in [6.45, 7) is 6.78. The first-order valence-corrected chi connectivity index (χ1v) is 13.2. The second-order valence-electron chi connectivity index (χ2n) is 10.5. The third-order valence-electron chi connectivity index (χ3n) is 7.03. The van der Waals surface area contributed by atoms with Crippen LogP contribution in [0.15, 0.2) is 42.9 Å². The van der Waals surface area contributed by atoms with Gasteiger partial charge in [-0.15, -0.1) is 0 Å². The van der Waals surface area contributed by atoms with E-state index in [1.54, 1.807) is 31.5 Å². The number of cyclic esters (lactones) is 1. The number of nitrogens with one attached hydrogen (secondary N) is 2. The minimum Gasteiger partial charge on any atom is -0.505 e. The van der Waals surface area contributed by atoms with Gasteiger partial charge in [0.2, 0.25) is 5.91 Å². The van der Waals surface area contributed by atoms with Crippen molar-refractivity contribution in [2.75, 3.05) is 7.05 Å². The molecule has 2 aromatic rings. The Kier molecular flexibility index (Phi) is 10.2. The first kappa shape index (κ1) is 30.5. The standard InChI is InChI=1S/C28H37N5O7/c1-15(2)12-21-27(38)33(5)17(4)22(32-26(37)23-20(34)9-7-11-30-23)25(36)31-19(13-18-8-6-10-29-14-18)24(35)16(3)28(39)40-21/h6-11,14-17,19,21-22,24,34-35H,12-13H2,1-5H3,(H,31,36)(H,32,37)/t16-,17-,19+,21?,22+,24+/m1/s1. The maximum Gasteiger partial charge on any atom is 0.312 e. The van der Waals surface area contributed by atoms with E-state index < -0.39 is 59.9 Å². The van der Waals surface area contributed by atoms with Gasteiger partial charge in [-0.2, -0.15) is 0 Å². The summed E-state index contributed by atoms with van der Waals surface area (Å²) in [5.41, 5.74) is 0.395. The van der Waals surface area contributed by atoms with E-state index in [-0.39, 0.29) is 30.2 Å². The number of hydrogen-bond acceptors (Lipinski definition) is 9. The molecule has 2 aromatic heterocycles. The molecule has 3 rings (SSSR count). The molecule has 40 heavy (non-hydrogen) atoms. The summed E-state index contributed by atoms with van der Waals surface area (Å²) < 4.78 is 5.63. The third kappa shape index (κ3) is 7.32. The summed E-state index contributed by atoms with van der Waals surface area (Å²) in [6.07, 6.45) is 2.27. The molecule has 0 aromatic carbocycles. The molecule has 0 bridgehead atoms. The van der Waals surface area contributed by atoms with Crippen molar-refractivity contribution in [3.8, 4) is 5.75 Å². The molecule has 12 heteroatoms. The molecule has 12 nitrogen and oxygen atoms in total. The Morgan fingerprint density at radius 1 is 1.18 bits per heavy atom. The van der Waals surface area contributed by atoms with Crippen molar-refractivity contribution in [3.05, 3.63) is 54.1 Å². The van der Waals surface area contributed by atoms with Gasteiger partial charge in [0.05, 0.1) is 24.1 Å². The van der Waals surface area contributed by atoms with Crippen molar-refractivity contribution in [2.24, 2.45) is 11.8 Å². The highest BCUT2D eigenvalue weighted by atomic mass is 16.5. The third-order valence-corrected chi connectivity index (χ3v) is 7.03. The molecule has 0 saturated carbocycles. The van der Waals surface area contributed by atoms with Gasteiger partial charge in [-0.3, -0.25) is 24.2 Å². The summed E-state index contributed by atoms with van der Waals surface area (Å²) >= 11 is 0. The average molecular weight is 556 g/mol. The van der Waals surface area contributed by atoms with Gasteiger partial charge < -0.3 is 30.5 Å². The van der Waals surface area contributed by atoms with Crippen molar-refractivity contribution < 1.29 is 34.1 Å². The lowest BCUT2D eigenvalue weighted by Crippen LogP contribution is -2.62. The minimum atomic E-state index is -1.39. The van der Waals surface area contributed by atoms with Gasteiger partial charge in [-0.1, -0.05) is 19.9 Å². The fourth-order valence-corrected chi connectivity index (χ4v) is 4.50. The molecule has 216 valence electrons. The zero-order chi connectivity index (χ0) is 29.6. The number of carbonyl (C=O) groups excluding carboxylic acids is 4. The van der Waals surface area contributed by atoms with E-state index in [1.165, 1.54) is 37.2 Å². The quantitative estimate of drug-likeness (QED) is 0.377. The largest absolute Gasteiger partial charge is 0.505 e. The van der Waals surface area contributed by atoms with Crippen LogP contribution in [0.1, 0.15) is 50.2 Å². The first-order valence-electron chi connectivity index (χ1n) is 13.2. The van der Waals surface area contributed by atoms with Crippen LogP contribution >= 0.6 is 0 Å². The van der Waals surface area contributed by atoms with Crippen molar-refractivity contribution >= 4 is 23.7 Å². The van der Waals surface area contributed by atoms with Crippen molar-refractivity contribution in [1.82, 2.24) is 25.5 Å². The first-order chi connectivity index (χ1) is 18.9. The molecule has 3 heterocycles. The lowest BCUT2D eigenvalue weighted by atomic mass is 9.92. The highest BCUT2D eigenvalue weighted by Crippen LogP contribution is 2.21. The van der Waals surface area contributed by atoms with E-state index in [0.29, 0.717) is 5.56 Å². The van der Waals surface area contributed by atoms with Crippen LogP contribution in [0.5, 0.6) is 5.75 Å². The summed E-state index contributed by atoms with van der Waals surface area (Å²) in [7, 11) is 1.45. The Balaban J connectivity index is 2.04. The smallest absolute Gasteiger partial charge is 0.312 e. The van der Waals surface area contributed by atoms with Gasteiger partial charge in [-0.05, 0) is 56.4 Å². The molecule has 1 saturated heterocycles. The Hall–Kier alpha value is -4.06. The highest BCUT2D eigenvalue weighted by Gasteiger charge is 2.41. The second kappa shape index (κ2) is 13.3. The molecule has 0 spiro atoms. The Morgan fingerprint density at radius 3 is 2.50 bits per heavy atom. The Bertz CT molecular complexity index is 1210. The Morgan fingerprint density at radius 2 is 1.88 bits per heavy atom. The number of aromatic hydroxyl groups is 1. The lowest BCUT2D eigenvalue weighted by molar-refractivity contribution is -0.168. The molecule has 1 unspecified atom stereocenters.